The molecule has 3 aromatic rings. The fourth-order valence-electron chi connectivity index (χ4n) is 3.27. The summed E-state index contributed by atoms with van der Waals surface area (Å²) in [6.07, 6.45) is 2.37. The second-order valence-electron chi connectivity index (χ2n) is 6.41. The minimum absolute atomic E-state index is 0.0347. The van der Waals surface area contributed by atoms with Crippen molar-refractivity contribution in [1.29, 1.82) is 0 Å². The molecular formula is C21H17FN2O2. The second kappa shape index (κ2) is 6.59. The minimum atomic E-state index is -0.271. The molecular weight excluding hydrogens is 331 g/mol. The number of hydrogen-bond donors (Lipinski definition) is 1. The number of rotatable bonds is 2. The molecule has 0 atom stereocenters. The molecule has 2 heterocycles. The van der Waals surface area contributed by atoms with Gasteiger partial charge in [0.15, 0.2) is 0 Å². The van der Waals surface area contributed by atoms with Crippen LogP contribution in [0, 0.1) is 5.82 Å². The van der Waals surface area contributed by atoms with E-state index in [4.69, 9.17) is 0 Å². The molecule has 0 aliphatic carbocycles. The van der Waals surface area contributed by atoms with Gasteiger partial charge >= 0.3 is 0 Å². The lowest BCUT2D eigenvalue weighted by molar-refractivity contribution is 0.0734. The fraction of sp³-hybridized carbons (Fsp3) is 0.143. The zero-order chi connectivity index (χ0) is 18.1. The van der Waals surface area contributed by atoms with Crippen molar-refractivity contribution in [3.05, 3.63) is 93.7 Å². The third-order valence-corrected chi connectivity index (χ3v) is 4.72. The Labute approximate surface area is 149 Å². The summed E-state index contributed by atoms with van der Waals surface area (Å²) in [5.74, 6) is -0.306. The summed E-state index contributed by atoms with van der Waals surface area (Å²) >= 11 is 0. The first-order valence-corrected chi connectivity index (χ1v) is 8.46. The van der Waals surface area contributed by atoms with Crippen LogP contribution in [0.5, 0.6) is 0 Å². The Hall–Kier alpha value is -3.21. The Balaban J connectivity index is 1.52. The van der Waals surface area contributed by atoms with Gasteiger partial charge in [-0.05, 0) is 52.9 Å². The third-order valence-electron chi connectivity index (χ3n) is 4.72. The van der Waals surface area contributed by atoms with E-state index in [9.17, 15) is 14.0 Å². The molecule has 1 amide bonds. The van der Waals surface area contributed by atoms with Crippen LogP contribution in [0.15, 0.2) is 65.6 Å². The third kappa shape index (κ3) is 3.16. The molecule has 0 saturated carbocycles. The SMILES string of the molecule is O=C(c1ccc(-c2ccc(F)cc2)cc1)N1CCc2cc(=O)[nH]cc2C1. The van der Waals surface area contributed by atoms with Crippen molar-refractivity contribution in [3.63, 3.8) is 0 Å². The van der Waals surface area contributed by atoms with Gasteiger partial charge < -0.3 is 9.88 Å². The van der Waals surface area contributed by atoms with Crippen LogP contribution >= 0.6 is 0 Å². The van der Waals surface area contributed by atoms with E-state index in [1.807, 2.05) is 12.1 Å². The molecule has 0 spiro atoms. The van der Waals surface area contributed by atoms with Gasteiger partial charge in [0.25, 0.3) is 5.91 Å². The van der Waals surface area contributed by atoms with Crippen LogP contribution in [-0.4, -0.2) is 22.3 Å². The number of carbonyl (C=O) groups is 1. The first-order valence-electron chi connectivity index (χ1n) is 8.46. The average molecular weight is 348 g/mol. The molecule has 0 radical (unpaired) electrons. The molecule has 4 rings (SSSR count). The summed E-state index contributed by atoms with van der Waals surface area (Å²) in [5, 5.41) is 0. The zero-order valence-electron chi connectivity index (χ0n) is 14.0. The highest BCUT2D eigenvalue weighted by Crippen LogP contribution is 2.22. The van der Waals surface area contributed by atoms with Gasteiger partial charge in [-0.1, -0.05) is 24.3 Å². The molecule has 130 valence electrons. The first kappa shape index (κ1) is 16.3. The minimum Gasteiger partial charge on any atom is -0.334 e. The Morgan fingerprint density at radius 2 is 1.62 bits per heavy atom. The molecule has 0 saturated heterocycles. The van der Waals surface area contributed by atoms with E-state index in [-0.39, 0.29) is 17.3 Å². The van der Waals surface area contributed by atoms with Crippen LogP contribution in [0.4, 0.5) is 4.39 Å². The van der Waals surface area contributed by atoms with Gasteiger partial charge in [-0.3, -0.25) is 9.59 Å². The molecule has 26 heavy (non-hydrogen) atoms. The van der Waals surface area contributed by atoms with Crippen molar-refractivity contribution >= 4 is 5.91 Å². The summed E-state index contributed by atoms with van der Waals surface area (Å²) < 4.78 is 13.0. The normalized spacial score (nSPS) is 13.3. The molecule has 1 aliphatic rings. The molecule has 0 fully saturated rings. The lowest BCUT2D eigenvalue weighted by Gasteiger charge is -2.28. The first-order chi connectivity index (χ1) is 12.6. The molecule has 5 heteroatoms. The molecule has 1 N–H and O–H groups in total. The zero-order valence-corrected chi connectivity index (χ0v) is 14.0. The highest BCUT2D eigenvalue weighted by atomic mass is 19.1. The van der Waals surface area contributed by atoms with E-state index in [0.29, 0.717) is 25.1 Å². The van der Waals surface area contributed by atoms with Crippen molar-refractivity contribution in [3.8, 4) is 11.1 Å². The van der Waals surface area contributed by atoms with Crippen molar-refractivity contribution in [1.82, 2.24) is 9.88 Å². The number of nitrogens with zero attached hydrogens (tertiary/aromatic N) is 1. The van der Waals surface area contributed by atoms with Crippen molar-refractivity contribution in [2.24, 2.45) is 0 Å². The van der Waals surface area contributed by atoms with E-state index < -0.39 is 0 Å². The maximum absolute atomic E-state index is 13.0. The predicted molar refractivity (Wildman–Crippen MR) is 97.3 cm³/mol. The number of nitrogens with one attached hydrogen (secondary N) is 1. The fourth-order valence-corrected chi connectivity index (χ4v) is 3.27. The van der Waals surface area contributed by atoms with Crippen molar-refractivity contribution in [2.75, 3.05) is 6.54 Å². The van der Waals surface area contributed by atoms with Gasteiger partial charge in [0.2, 0.25) is 5.56 Å². The van der Waals surface area contributed by atoms with Crippen LogP contribution in [0.1, 0.15) is 21.5 Å². The van der Waals surface area contributed by atoms with Crippen LogP contribution in [0.25, 0.3) is 11.1 Å². The maximum atomic E-state index is 13.0. The number of carbonyl (C=O) groups excluding carboxylic acids is 1. The molecule has 4 nitrogen and oxygen atoms in total. The van der Waals surface area contributed by atoms with E-state index in [2.05, 4.69) is 4.98 Å². The highest BCUT2D eigenvalue weighted by Gasteiger charge is 2.22. The van der Waals surface area contributed by atoms with Gasteiger partial charge in [-0.25, -0.2) is 4.39 Å². The summed E-state index contributed by atoms with van der Waals surface area (Å²) in [7, 11) is 0. The van der Waals surface area contributed by atoms with Crippen molar-refractivity contribution < 1.29 is 9.18 Å². The Bertz CT molecular complexity index is 1010. The molecule has 1 aromatic heterocycles. The number of aromatic nitrogens is 1. The Kier molecular flexibility index (Phi) is 4.13. The molecule has 2 aromatic carbocycles. The number of halogens is 1. The number of amides is 1. The summed E-state index contributed by atoms with van der Waals surface area (Å²) in [5.41, 5.74) is 4.32. The van der Waals surface area contributed by atoms with Gasteiger partial charge in [-0.2, -0.15) is 0 Å². The molecule has 0 bridgehead atoms. The topological polar surface area (TPSA) is 53.2 Å². The summed E-state index contributed by atoms with van der Waals surface area (Å²) in [6, 6.07) is 15.2. The van der Waals surface area contributed by atoms with E-state index >= 15 is 0 Å². The average Bonchev–Trinajstić information content (AvgIpc) is 2.68. The second-order valence-corrected chi connectivity index (χ2v) is 6.41. The van der Waals surface area contributed by atoms with Gasteiger partial charge in [-0.15, -0.1) is 0 Å². The van der Waals surface area contributed by atoms with Gasteiger partial charge in [0.1, 0.15) is 5.82 Å². The van der Waals surface area contributed by atoms with Gasteiger partial charge in [0.05, 0.1) is 0 Å². The predicted octanol–water partition coefficient (Wildman–Crippen LogP) is 3.38. The van der Waals surface area contributed by atoms with E-state index in [0.717, 1.165) is 22.3 Å². The van der Waals surface area contributed by atoms with Crippen molar-refractivity contribution in [2.45, 2.75) is 13.0 Å². The van der Waals surface area contributed by atoms with Crippen LogP contribution in [0.2, 0.25) is 0 Å². The van der Waals surface area contributed by atoms with E-state index in [1.54, 1.807) is 41.4 Å². The largest absolute Gasteiger partial charge is 0.334 e. The van der Waals surface area contributed by atoms with E-state index in [1.165, 1.54) is 12.1 Å². The Morgan fingerprint density at radius 1 is 0.962 bits per heavy atom. The monoisotopic (exact) mass is 348 g/mol. The van der Waals surface area contributed by atoms with Crippen LogP contribution in [0.3, 0.4) is 0 Å². The highest BCUT2D eigenvalue weighted by molar-refractivity contribution is 5.94. The maximum Gasteiger partial charge on any atom is 0.254 e. The molecule has 1 aliphatic heterocycles. The quantitative estimate of drug-likeness (QED) is 0.772. The lowest BCUT2D eigenvalue weighted by Crippen LogP contribution is -2.36. The number of H-pyrrole nitrogens is 1. The summed E-state index contributed by atoms with van der Waals surface area (Å²) in [4.78, 5) is 28.6. The number of pyridine rings is 1. The van der Waals surface area contributed by atoms with Gasteiger partial charge in [0, 0.05) is 30.9 Å². The lowest BCUT2D eigenvalue weighted by atomic mass is 10.0. The van der Waals surface area contributed by atoms with Crippen LogP contribution < -0.4 is 5.56 Å². The summed E-state index contributed by atoms with van der Waals surface area (Å²) in [6.45, 7) is 1.08. The number of aromatic amines is 1. The number of benzene rings is 2. The smallest absolute Gasteiger partial charge is 0.254 e. The van der Waals surface area contributed by atoms with Crippen LogP contribution in [-0.2, 0) is 13.0 Å². The number of fused-ring (bicyclic) bond motifs is 1. The molecule has 0 unspecified atom stereocenters. The Morgan fingerprint density at radius 3 is 2.31 bits per heavy atom. The standard InChI is InChI=1S/C21H17FN2O2/c22-19-7-5-15(6-8-19)14-1-3-16(4-2-14)21(26)24-10-9-17-11-20(25)23-12-18(17)13-24/h1-8,11-12H,9-10,13H2,(H,23,25). The number of hydrogen-bond acceptors (Lipinski definition) is 2.